The molecule has 0 aliphatic heterocycles. The van der Waals surface area contributed by atoms with Gasteiger partial charge in [-0.05, 0) is 35.8 Å². The third-order valence-electron chi connectivity index (χ3n) is 3.75. The van der Waals surface area contributed by atoms with Gasteiger partial charge >= 0.3 is 0 Å². The number of allylic oxidation sites excluding steroid dienone is 2. The lowest BCUT2D eigenvalue weighted by atomic mass is 9.96. The maximum atomic E-state index is 3.38. The van der Waals surface area contributed by atoms with E-state index < -0.39 is 0 Å². The lowest BCUT2D eigenvalue weighted by molar-refractivity contribution is 1.55. The fourth-order valence-corrected chi connectivity index (χ4v) is 2.48. The molecule has 0 saturated carbocycles. The quantitative estimate of drug-likeness (QED) is 0.422. The van der Waals surface area contributed by atoms with Crippen LogP contribution >= 0.6 is 0 Å². The zero-order valence-electron chi connectivity index (χ0n) is 13.2. The molecule has 0 aliphatic rings. The molecule has 0 spiro atoms. The first-order valence-electron chi connectivity index (χ1n) is 7.73. The molecule has 3 aromatic rings. The summed E-state index contributed by atoms with van der Waals surface area (Å²) in [5.74, 6) is 6.67. The monoisotopic (exact) mass is 294 g/mol. The van der Waals surface area contributed by atoms with Crippen molar-refractivity contribution in [1.29, 1.82) is 0 Å². The molecule has 0 fully saturated rings. The van der Waals surface area contributed by atoms with Crippen LogP contribution in [0, 0.1) is 11.8 Å². The first-order chi connectivity index (χ1) is 11.3. The molecule has 0 amide bonds. The minimum Gasteiger partial charge on any atom is -0.0622 e. The SMILES string of the molecule is C/C(=C(/C#Cc1ccccc1)c1ccccc1)c1ccccc1. The van der Waals surface area contributed by atoms with Crippen molar-refractivity contribution in [2.24, 2.45) is 0 Å². The summed E-state index contributed by atoms with van der Waals surface area (Å²) in [6, 6.07) is 30.9. The summed E-state index contributed by atoms with van der Waals surface area (Å²) in [6.07, 6.45) is 0. The second kappa shape index (κ2) is 7.29. The van der Waals surface area contributed by atoms with Gasteiger partial charge < -0.3 is 0 Å². The number of benzene rings is 3. The molecule has 0 saturated heterocycles. The van der Waals surface area contributed by atoms with Gasteiger partial charge in [-0.2, -0.15) is 0 Å². The van der Waals surface area contributed by atoms with E-state index in [1.165, 1.54) is 11.1 Å². The molecule has 0 aromatic heterocycles. The zero-order valence-corrected chi connectivity index (χ0v) is 13.2. The number of hydrogen-bond donors (Lipinski definition) is 0. The van der Waals surface area contributed by atoms with Crippen LogP contribution in [0.2, 0.25) is 0 Å². The van der Waals surface area contributed by atoms with Gasteiger partial charge in [0.15, 0.2) is 0 Å². The van der Waals surface area contributed by atoms with E-state index in [1.807, 2.05) is 42.5 Å². The Bertz CT molecular complexity index is 845. The van der Waals surface area contributed by atoms with Gasteiger partial charge in [-0.25, -0.2) is 0 Å². The molecule has 0 unspecified atom stereocenters. The molecular weight excluding hydrogens is 276 g/mol. The number of rotatable bonds is 2. The van der Waals surface area contributed by atoms with Crippen LogP contribution < -0.4 is 0 Å². The van der Waals surface area contributed by atoms with E-state index >= 15 is 0 Å². The summed E-state index contributed by atoms with van der Waals surface area (Å²) in [7, 11) is 0. The van der Waals surface area contributed by atoms with Crippen molar-refractivity contribution in [2.75, 3.05) is 0 Å². The van der Waals surface area contributed by atoms with E-state index in [1.54, 1.807) is 0 Å². The van der Waals surface area contributed by atoms with Crippen molar-refractivity contribution >= 4 is 11.1 Å². The van der Waals surface area contributed by atoms with Crippen LogP contribution in [-0.2, 0) is 0 Å². The zero-order chi connectivity index (χ0) is 15.9. The van der Waals surface area contributed by atoms with E-state index in [9.17, 15) is 0 Å². The van der Waals surface area contributed by atoms with Crippen LogP contribution in [0.3, 0.4) is 0 Å². The summed E-state index contributed by atoms with van der Waals surface area (Å²) in [5, 5.41) is 0. The minimum absolute atomic E-state index is 1.03. The van der Waals surface area contributed by atoms with Gasteiger partial charge in [-0.3, -0.25) is 0 Å². The highest BCUT2D eigenvalue weighted by Crippen LogP contribution is 2.25. The Hall–Kier alpha value is -3.04. The van der Waals surface area contributed by atoms with Crippen LogP contribution in [0.1, 0.15) is 23.6 Å². The summed E-state index contributed by atoms with van der Waals surface area (Å²) in [5.41, 5.74) is 5.65. The molecule has 3 rings (SSSR count). The van der Waals surface area contributed by atoms with Crippen molar-refractivity contribution in [3.05, 3.63) is 108 Å². The Labute approximate surface area is 138 Å². The van der Waals surface area contributed by atoms with Crippen LogP contribution in [0.25, 0.3) is 11.1 Å². The Morgan fingerprint density at radius 3 is 1.65 bits per heavy atom. The molecule has 0 nitrogen and oxygen atoms in total. The topological polar surface area (TPSA) is 0 Å². The summed E-state index contributed by atoms with van der Waals surface area (Å²) in [6.45, 7) is 2.14. The normalized spacial score (nSPS) is 11.2. The summed E-state index contributed by atoms with van der Waals surface area (Å²) >= 11 is 0. The van der Waals surface area contributed by atoms with Crippen LogP contribution in [0.5, 0.6) is 0 Å². The van der Waals surface area contributed by atoms with Gasteiger partial charge in [0.05, 0.1) is 0 Å². The van der Waals surface area contributed by atoms with E-state index in [-0.39, 0.29) is 0 Å². The molecule has 0 aliphatic carbocycles. The van der Waals surface area contributed by atoms with Gasteiger partial charge in [0.2, 0.25) is 0 Å². The Morgan fingerprint density at radius 1 is 0.609 bits per heavy atom. The predicted octanol–water partition coefficient (Wildman–Crippen LogP) is 5.67. The Morgan fingerprint density at radius 2 is 1.09 bits per heavy atom. The van der Waals surface area contributed by atoms with Crippen molar-refractivity contribution in [2.45, 2.75) is 6.92 Å². The molecule has 0 bridgehead atoms. The maximum Gasteiger partial charge on any atom is 0.0356 e. The summed E-state index contributed by atoms with van der Waals surface area (Å²) in [4.78, 5) is 0. The molecule has 0 N–H and O–H groups in total. The number of hydrogen-bond acceptors (Lipinski definition) is 0. The van der Waals surface area contributed by atoms with Crippen molar-refractivity contribution in [3.63, 3.8) is 0 Å². The molecule has 0 heteroatoms. The third-order valence-corrected chi connectivity index (χ3v) is 3.75. The van der Waals surface area contributed by atoms with Crippen LogP contribution in [-0.4, -0.2) is 0 Å². The first kappa shape index (κ1) is 14.9. The average molecular weight is 294 g/mol. The standard InChI is InChI=1S/C23H18/c1-19(21-13-7-3-8-14-21)23(22-15-9-4-10-16-22)18-17-20-11-5-2-6-12-20/h2-16H,1H3/b23-19+. The first-order valence-corrected chi connectivity index (χ1v) is 7.73. The highest BCUT2D eigenvalue weighted by Gasteiger charge is 2.05. The molecule has 0 radical (unpaired) electrons. The lowest BCUT2D eigenvalue weighted by Gasteiger charge is -2.08. The average Bonchev–Trinajstić information content (AvgIpc) is 2.64. The van der Waals surface area contributed by atoms with E-state index in [0.717, 1.165) is 16.7 Å². The second-order valence-corrected chi connectivity index (χ2v) is 5.35. The molecular formula is C23H18. The Balaban J connectivity index is 2.11. The predicted molar refractivity (Wildman–Crippen MR) is 98.7 cm³/mol. The molecule has 0 atom stereocenters. The van der Waals surface area contributed by atoms with Crippen molar-refractivity contribution in [3.8, 4) is 11.8 Å². The molecule has 110 valence electrons. The fourth-order valence-electron chi connectivity index (χ4n) is 2.48. The van der Waals surface area contributed by atoms with E-state index in [2.05, 4.69) is 67.3 Å². The van der Waals surface area contributed by atoms with Gasteiger partial charge in [0, 0.05) is 11.1 Å². The van der Waals surface area contributed by atoms with Crippen molar-refractivity contribution in [1.82, 2.24) is 0 Å². The highest BCUT2D eigenvalue weighted by molar-refractivity contribution is 5.97. The lowest BCUT2D eigenvalue weighted by Crippen LogP contribution is -1.88. The largest absolute Gasteiger partial charge is 0.0622 e. The molecule has 0 heterocycles. The minimum atomic E-state index is 1.03. The second-order valence-electron chi connectivity index (χ2n) is 5.35. The van der Waals surface area contributed by atoms with Gasteiger partial charge in [0.25, 0.3) is 0 Å². The van der Waals surface area contributed by atoms with E-state index in [0.29, 0.717) is 0 Å². The maximum absolute atomic E-state index is 3.38. The molecule has 3 aromatic carbocycles. The fraction of sp³-hybridized carbons (Fsp3) is 0.0435. The van der Waals surface area contributed by atoms with Gasteiger partial charge in [-0.1, -0.05) is 90.7 Å². The highest BCUT2D eigenvalue weighted by atomic mass is 14.1. The third kappa shape index (κ3) is 3.78. The van der Waals surface area contributed by atoms with Gasteiger partial charge in [0.1, 0.15) is 0 Å². The van der Waals surface area contributed by atoms with Crippen LogP contribution in [0.15, 0.2) is 91.0 Å². The van der Waals surface area contributed by atoms with Crippen LogP contribution in [0.4, 0.5) is 0 Å². The van der Waals surface area contributed by atoms with Crippen molar-refractivity contribution < 1.29 is 0 Å². The molecule has 23 heavy (non-hydrogen) atoms. The summed E-state index contributed by atoms with van der Waals surface area (Å²) < 4.78 is 0. The van der Waals surface area contributed by atoms with Gasteiger partial charge in [-0.15, -0.1) is 0 Å². The Kier molecular flexibility index (Phi) is 4.72. The smallest absolute Gasteiger partial charge is 0.0356 e. The van der Waals surface area contributed by atoms with E-state index in [4.69, 9.17) is 0 Å².